The quantitative estimate of drug-likeness (QED) is 0.592. The lowest BCUT2D eigenvalue weighted by molar-refractivity contribution is 0.0775. The maximum atomic E-state index is 11.0. The molecule has 2 aromatic carbocycles. The first-order chi connectivity index (χ1) is 13.6. The molecular weight excluding hydrogens is 350 g/mol. The number of benzene rings is 2. The fourth-order valence-electron chi connectivity index (χ4n) is 3.63. The SMILES string of the molecule is C=CCc1ccc(O)c(-c2cc(CC=C)cc(CNC3CCOCC3)c2O)c1. The first kappa shape index (κ1) is 20.2. The standard InChI is InChI=1S/C24H29NO3/c1-3-5-17-7-8-23(26)21(14-17)22-15-18(6-4-2)13-19(24(22)27)16-25-20-9-11-28-12-10-20/h3-4,7-8,13-15,20,25-27H,1-2,5-6,9-12,16H2. The van der Waals surface area contributed by atoms with Gasteiger partial charge < -0.3 is 20.3 Å². The summed E-state index contributed by atoms with van der Waals surface area (Å²) in [7, 11) is 0. The second-order valence-electron chi connectivity index (χ2n) is 7.26. The van der Waals surface area contributed by atoms with Crippen molar-refractivity contribution in [1.82, 2.24) is 5.32 Å². The fraction of sp³-hybridized carbons (Fsp3) is 0.333. The van der Waals surface area contributed by atoms with Gasteiger partial charge in [0.1, 0.15) is 11.5 Å². The summed E-state index contributed by atoms with van der Waals surface area (Å²) in [6.07, 6.45) is 7.03. The van der Waals surface area contributed by atoms with E-state index >= 15 is 0 Å². The van der Waals surface area contributed by atoms with Gasteiger partial charge in [0.2, 0.25) is 0 Å². The normalized spacial score (nSPS) is 14.7. The molecule has 1 fully saturated rings. The molecule has 148 valence electrons. The summed E-state index contributed by atoms with van der Waals surface area (Å²) < 4.78 is 5.41. The van der Waals surface area contributed by atoms with Crippen LogP contribution in [0.4, 0.5) is 0 Å². The first-order valence-electron chi connectivity index (χ1n) is 9.82. The predicted octanol–water partition coefficient (Wildman–Crippen LogP) is 4.49. The highest BCUT2D eigenvalue weighted by Crippen LogP contribution is 2.39. The van der Waals surface area contributed by atoms with Crippen LogP contribution in [-0.2, 0) is 24.1 Å². The topological polar surface area (TPSA) is 61.7 Å². The van der Waals surface area contributed by atoms with Crippen LogP contribution in [0, 0.1) is 0 Å². The highest BCUT2D eigenvalue weighted by molar-refractivity contribution is 5.78. The van der Waals surface area contributed by atoms with E-state index in [0.717, 1.165) is 42.7 Å². The zero-order valence-corrected chi connectivity index (χ0v) is 16.3. The molecule has 4 heteroatoms. The van der Waals surface area contributed by atoms with Gasteiger partial charge in [-0.05, 0) is 55.0 Å². The van der Waals surface area contributed by atoms with Crippen molar-refractivity contribution in [2.45, 2.75) is 38.3 Å². The highest BCUT2D eigenvalue weighted by Gasteiger charge is 2.17. The molecular formula is C24H29NO3. The largest absolute Gasteiger partial charge is 0.507 e. The molecule has 0 atom stereocenters. The molecule has 0 saturated carbocycles. The Labute approximate surface area is 167 Å². The van der Waals surface area contributed by atoms with Crippen LogP contribution in [0.2, 0.25) is 0 Å². The summed E-state index contributed by atoms with van der Waals surface area (Å²) in [5.74, 6) is 0.362. The number of ether oxygens (including phenoxy) is 1. The summed E-state index contributed by atoms with van der Waals surface area (Å²) in [6, 6.07) is 9.80. The van der Waals surface area contributed by atoms with E-state index in [4.69, 9.17) is 4.74 Å². The Morgan fingerprint density at radius 1 is 0.964 bits per heavy atom. The van der Waals surface area contributed by atoms with Gasteiger partial charge in [-0.25, -0.2) is 0 Å². The smallest absolute Gasteiger partial charge is 0.128 e. The number of allylic oxidation sites excluding steroid dienone is 2. The molecule has 1 aliphatic heterocycles. The van der Waals surface area contributed by atoms with E-state index in [1.807, 2.05) is 36.4 Å². The zero-order valence-electron chi connectivity index (χ0n) is 16.3. The molecule has 0 aromatic heterocycles. The second-order valence-corrected chi connectivity index (χ2v) is 7.26. The monoisotopic (exact) mass is 379 g/mol. The Hall–Kier alpha value is -2.56. The molecule has 0 spiro atoms. The van der Waals surface area contributed by atoms with Crippen LogP contribution in [0.15, 0.2) is 55.6 Å². The average Bonchev–Trinajstić information content (AvgIpc) is 2.71. The minimum absolute atomic E-state index is 0.155. The third kappa shape index (κ3) is 4.83. The third-order valence-electron chi connectivity index (χ3n) is 5.16. The summed E-state index contributed by atoms with van der Waals surface area (Å²) >= 11 is 0. The minimum Gasteiger partial charge on any atom is -0.507 e. The van der Waals surface area contributed by atoms with Crippen LogP contribution in [0.3, 0.4) is 0 Å². The molecule has 3 rings (SSSR count). The molecule has 3 N–H and O–H groups in total. The van der Waals surface area contributed by atoms with Gasteiger partial charge in [0, 0.05) is 42.5 Å². The van der Waals surface area contributed by atoms with Crippen molar-refractivity contribution < 1.29 is 14.9 Å². The molecule has 0 aliphatic carbocycles. The van der Waals surface area contributed by atoms with Gasteiger partial charge in [0.05, 0.1) is 0 Å². The number of hydrogen-bond acceptors (Lipinski definition) is 4. The minimum atomic E-state index is 0.155. The predicted molar refractivity (Wildman–Crippen MR) is 114 cm³/mol. The maximum Gasteiger partial charge on any atom is 0.128 e. The van der Waals surface area contributed by atoms with Gasteiger partial charge in [-0.2, -0.15) is 0 Å². The van der Waals surface area contributed by atoms with Gasteiger partial charge in [0.15, 0.2) is 0 Å². The molecule has 0 radical (unpaired) electrons. The molecule has 2 aromatic rings. The van der Waals surface area contributed by atoms with Crippen LogP contribution in [0.1, 0.15) is 29.5 Å². The number of phenols is 2. The fourth-order valence-corrected chi connectivity index (χ4v) is 3.63. The van der Waals surface area contributed by atoms with Crippen molar-refractivity contribution in [3.63, 3.8) is 0 Å². The van der Waals surface area contributed by atoms with Crippen LogP contribution in [0.5, 0.6) is 11.5 Å². The van der Waals surface area contributed by atoms with Gasteiger partial charge in [-0.1, -0.05) is 24.3 Å². The van der Waals surface area contributed by atoms with Crippen molar-refractivity contribution in [2.75, 3.05) is 13.2 Å². The van der Waals surface area contributed by atoms with E-state index in [-0.39, 0.29) is 11.5 Å². The summed E-state index contributed by atoms with van der Waals surface area (Å²) in [5.41, 5.74) is 4.20. The van der Waals surface area contributed by atoms with E-state index in [1.165, 1.54) is 0 Å². The van der Waals surface area contributed by atoms with E-state index in [1.54, 1.807) is 6.07 Å². The summed E-state index contributed by atoms with van der Waals surface area (Å²) in [4.78, 5) is 0. The summed E-state index contributed by atoms with van der Waals surface area (Å²) in [5, 5.41) is 25.0. The third-order valence-corrected chi connectivity index (χ3v) is 5.16. The maximum absolute atomic E-state index is 11.0. The molecule has 0 amide bonds. The van der Waals surface area contributed by atoms with Gasteiger partial charge in [-0.15, -0.1) is 13.2 Å². The Morgan fingerprint density at radius 2 is 1.64 bits per heavy atom. The number of rotatable bonds is 8. The molecule has 1 aliphatic rings. The molecule has 1 heterocycles. The number of aromatic hydroxyl groups is 2. The Kier molecular flexibility index (Phi) is 6.90. The average molecular weight is 380 g/mol. The molecule has 0 bridgehead atoms. The molecule has 4 nitrogen and oxygen atoms in total. The molecule has 0 unspecified atom stereocenters. The van der Waals surface area contributed by atoms with Crippen LogP contribution in [-0.4, -0.2) is 29.5 Å². The Morgan fingerprint density at radius 3 is 2.36 bits per heavy atom. The van der Waals surface area contributed by atoms with Crippen LogP contribution in [0.25, 0.3) is 11.1 Å². The first-order valence-corrected chi connectivity index (χ1v) is 9.82. The van der Waals surface area contributed by atoms with Gasteiger partial charge in [0.25, 0.3) is 0 Å². The summed E-state index contributed by atoms with van der Waals surface area (Å²) in [6.45, 7) is 9.73. The number of hydrogen-bond donors (Lipinski definition) is 3. The van der Waals surface area contributed by atoms with E-state index in [0.29, 0.717) is 36.6 Å². The van der Waals surface area contributed by atoms with Crippen molar-refractivity contribution in [2.24, 2.45) is 0 Å². The Bertz CT molecular complexity index is 838. The lowest BCUT2D eigenvalue weighted by atomic mass is 9.94. The van der Waals surface area contributed by atoms with Gasteiger partial charge in [-0.3, -0.25) is 0 Å². The van der Waals surface area contributed by atoms with Crippen molar-refractivity contribution >= 4 is 0 Å². The molecule has 1 saturated heterocycles. The molecule has 28 heavy (non-hydrogen) atoms. The van der Waals surface area contributed by atoms with Gasteiger partial charge >= 0.3 is 0 Å². The number of phenolic OH excluding ortho intramolecular Hbond substituents is 2. The van der Waals surface area contributed by atoms with Crippen molar-refractivity contribution in [3.05, 3.63) is 72.3 Å². The lowest BCUT2D eigenvalue weighted by Gasteiger charge is -2.24. The van der Waals surface area contributed by atoms with Crippen LogP contribution >= 0.6 is 0 Å². The lowest BCUT2D eigenvalue weighted by Crippen LogP contribution is -2.34. The second kappa shape index (κ2) is 9.58. The highest BCUT2D eigenvalue weighted by atomic mass is 16.5. The number of nitrogens with one attached hydrogen (secondary N) is 1. The zero-order chi connectivity index (χ0) is 19.9. The van der Waals surface area contributed by atoms with E-state index < -0.39 is 0 Å². The van der Waals surface area contributed by atoms with E-state index in [2.05, 4.69) is 18.5 Å². The van der Waals surface area contributed by atoms with Crippen LogP contribution < -0.4 is 5.32 Å². The Balaban J connectivity index is 1.95. The van der Waals surface area contributed by atoms with Crippen molar-refractivity contribution in [3.8, 4) is 22.6 Å². The van der Waals surface area contributed by atoms with E-state index in [9.17, 15) is 10.2 Å². The van der Waals surface area contributed by atoms with Crippen molar-refractivity contribution in [1.29, 1.82) is 0 Å².